The molecule has 2 aromatic rings. The van der Waals surface area contributed by atoms with Crippen LogP contribution in [0, 0.1) is 12.7 Å². The summed E-state index contributed by atoms with van der Waals surface area (Å²) in [6, 6.07) is 9.25. The zero-order valence-electron chi connectivity index (χ0n) is 13.3. The number of fused-ring (bicyclic) bond motifs is 1. The highest BCUT2D eigenvalue weighted by Gasteiger charge is 2.27. The number of anilines is 1. The first kappa shape index (κ1) is 18.7. The monoisotopic (exact) mass is 370 g/mol. The topological polar surface area (TPSA) is 72.2 Å². The van der Waals surface area contributed by atoms with Crippen molar-refractivity contribution >= 4 is 28.1 Å². The SMILES string of the molecule is Cc1ccc(S(=O)(=O)NC2CCCc3cc(N)ccc32)c(F)c1.Cl. The van der Waals surface area contributed by atoms with E-state index in [-0.39, 0.29) is 23.3 Å². The van der Waals surface area contributed by atoms with Gasteiger partial charge in [-0.1, -0.05) is 12.1 Å². The van der Waals surface area contributed by atoms with E-state index in [0.717, 1.165) is 24.0 Å². The standard InChI is InChI=1S/C17H19FN2O2S.ClH/c1-11-5-8-17(15(18)9-11)23(21,22)20-16-4-2-3-12-10-13(19)6-7-14(12)16;/h5-10,16,20H,2-4,19H2,1H3;1H. The molecule has 0 saturated heterocycles. The molecule has 7 heteroatoms. The van der Waals surface area contributed by atoms with Gasteiger partial charge >= 0.3 is 0 Å². The summed E-state index contributed by atoms with van der Waals surface area (Å²) in [5.41, 5.74) is 9.10. The van der Waals surface area contributed by atoms with Gasteiger partial charge in [0.1, 0.15) is 10.7 Å². The Morgan fingerprint density at radius 3 is 2.67 bits per heavy atom. The number of halogens is 2. The molecule has 3 N–H and O–H groups in total. The lowest BCUT2D eigenvalue weighted by molar-refractivity contribution is 0.501. The Morgan fingerprint density at radius 1 is 1.21 bits per heavy atom. The van der Waals surface area contributed by atoms with Gasteiger partial charge in [-0.15, -0.1) is 12.4 Å². The number of aryl methyl sites for hydroxylation is 2. The van der Waals surface area contributed by atoms with Gasteiger partial charge in [0.2, 0.25) is 10.0 Å². The summed E-state index contributed by atoms with van der Waals surface area (Å²) in [4.78, 5) is -0.314. The van der Waals surface area contributed by atoms with E-state index in [9.17, 15) is 12.8 Å². The van der Waals surface area contributed by atoms with Gasteiger partial charge in [0.15, 0.2) is 0 Å². The molecular formula is C17H20ClFN2O2S. The Balaban J connectivity index is 0.00000208. The number of hydrogen-bond donors (Lipinski definition) is 2. The van der Waals surface area contributed by atoms with Crippen molar-refractivity contribution in [1.29, 1.82) is 0 Å². The van der Waals surface area contributed by atoms with E-state index < -0.39 is 15.8 Å². The van der Waals surface area contributed by atoms with Crippen molar-refractivity contribution in [3.63, 3.8) is 0 Å². The molecule has 2 aromatic carbocycles. The number of rotatable bonds is 3. The van der Waals surface area contributed by atoms with E-state index in [1.165, 1.54) is 12.1 Å². The van der Waals surface area contributed by atoms with Crippen molar-refractivity contribution in [3.05, 3.63) is 58.9 Å². The molecule has 130 valence electrons. The predicted octanol–water partition coefficient (Wildman–Crippen LogP) is 3.49. The zero-order chi connectivity index (χ0) is 16.6. The van der Waals surface area contributed by atoms with Crippen LogP contribution >= 0.6 is 12.4 Å². The quantitative estimate of drug-likeness (QED) is 0.812. The van der Waals surface area contributed by atoms with Crippen LogP contribution in [0.1, 0.15) is 35.6 Å². The van der Waals surface area contributed by atoms with E-state index in [4.69, 9.17) is 5.73 Å². The average molecular weight is 371 g/mol. The molecule has 0 radical (unpaired) electrons. The second kappa shape index (κ2) is 7.09. The van der Waals surface area contributed by atoms with Crippen LogP contribution in [0.15, 0.2) is 41.3 Å². The summed E-state index contributed by atoms with van der Waals surface area (Å²) in [5, 5.41) is 0. The normalized spacial score (nSPS) is 17.0. The van der Waals surface area contributed by atoms with Gasteiger partial charge in [-0.05, 0) is 67.1 Å². The highest BCUT2D eigenvalue weighted by Crippen LogP contribution is 2.32. The molecule has 1 atom stereocenters. The molecule has 0 heterocycles. The van der Waals surface area contributed by atoms with Crippen molar-refractivity contribution in [3.8, 4) is 0 Å². The molecule has 3 rings (SSSR count). The van der Waals surface area contributed by atoms with Gasteiger partial charge in [-0.3, -0.25) is 0 Å². The van der Waals surface area contributed by atoms with Gasteiger partial charge in [0, 0.05) is 11.7 Å². The summed E-state index contributed by atoms with van der Waals surface area (Å²) in [5.74, 6) is -0.731. The molecule has 1 unspecified atom stereocenters. The third-order valence-electron chi connectivity index (χ3n) is 4.16. The summed E-state index contributed by atoms with van der Waals surface area (Å²) in [7, 11) is -3.92. The number of hydrogen-bond acceptors (Lipinski definition) is 3. The summed E-state index contributed by atoms with van der Waals surface area (Å²) >= 11 is 0. The Morgan fingerprint density at radius 2 is 1.96 bits per heavy atom. The highest BCUT2D eigenvalue weighted by molar-refractivity contribution is 7.89. The molecule has 0 spiro atoms. The summed E-state index contributed by atoms with van der Waals surface area (Å²) in [6.45, 7) is 1.72. The van der Waals surface area contributed by atoms with Crippen LogP contribution in [0.5, 0.6) is 0 Å². The molecule has 0 fully saturated rings. The lowest BCUT2D eigenvalue weighted by Crippen LogP contribution is -2.31. The van der Waals surface area contributed by atoms with Crippen LogP contribution in [0.4, 0.5) is 10.1 Å². The van der Waals surface area contributed by atoms with E-state index in [1.807, 2.05) is 12.1 Å². The van der Waals surface area contributed by atoms with Crippen molar-refractivity contribution in [1.82, 2.24) is 4.72 Å². The van der Waals surface area contributed by atoms with Gasteiger partial charge in [0.05, 0.1) is 0 Å². The van der Waals surface area contributed by atoms with Crippen LogP contribution in [-0.2, 0) is 16.4 Å². The molecule has 24 heavy (non-hydrogen) atoms. The molecule has 0 amide bonds. The van der Waals surface area contributed by atoms with Crippen molar-refractivity contribution in [2.24, 2.45) is 0 Å². The maximum atomic E-state index is 14.0. The maximum absolute atomic E-state index is 14.0. The Bertz CT molecular complexity index is 856. The third kappa shape index (κ3) is 3.71. The fraction of sp³-hybridized carbons (Fsp3) is 0.294. The predicted molar refractivity (Wildman–Crippen MR) is 95.2 cm³/mol. The van der Waals surface area contributed by atoms with Crippen LogP contribution < -0.4 is 10.5 Å². The molecule has 0 aromatic heterocycles. The second-order valence-electron chi connectivity index (χ2n) is 5.96. The highest BCUT2D eigenvalue weighted by atomic mass is 35.5. The second-order valence-corrected chi connectivity index (χ2v) is 7.64. The molecule has 0 saturated carbocycles. The van der Waals surface area contributed by atoms with Crippen molar-refractivity contribution in [2.45, 2.75) is 37.1 Å². The first-order chi connectivity index (χ1) is 10.9. The number of benzene rings is 2. The Labute approximate surface area is 147 Å². The minimum atomic E-state index is -3.92. The Kier molecular flexibility index (Phi) is 5.52. The molecule has 1 aliphatic rings. The van der Waals surface area contributed by atoms with Crippen LogP contribution in [-0.4, -0.2) is 8.42 Å². The van der Waals surface area contributed by atoms with Crippen molar-refractivity contribution < 1.29 is 12.8 Å². The van der Waals surface area contributed by atoms with Gasteiger partial charge < -0.3 is 5.73 Å². The fourth-order valence-electron chi connectivity index (χ4n) is 3.03. The minimum Gasteiger partial charge on any atom is -0.399 e. The lowest BCUT2D eigenvalue weighted by atomic mass is 9.88. The first-order valence-electron chi connectivity index (χ1n) is 7.53. The molecule has 0 bridgehead atoms. The van der Waals surface area contributed by atoms with Crippen molar-refractivity contribution in [2.75, 3.05) is 5.73 Å². The average Bonchev–Trinajstić information content (AvgIpc) is 2.46. The number of nitrogen functional groups attached to an aromatic ring is 1. The third-order valence-corrected chi connectivity index (χ3v) is 5.66. The summed E-state index contributed by atoms with van der Waals surface area (Å²) in [6.07, 6.45) is 2.42. The number of nitrogens with two attached hydrogens (primary N) is 1. The van der Waals surface area contributed by atoms with Crippen LogP contribution in [0.2, 0.25) is 0 Å². The number of sulfonamides is 1. The maximum Gasteiger partial charge on any atom is 0.244 e. The van der Waals surface area contributed by atoms with E-state index in [2.05, 4.69) is 4.72 Å². The molecule has 0 aliphatic heterocycles. The van der Waals surface area contributed by atoms with Gasteiger partial charge in [-0.2, -0.15) is 0 Å². The lowest BCUT2D eigenvalue weighted by Gasteiger charge is -2.26. The van der Waals surface area contributed by atoms with Crippen LogP contribution in [0.3, 0.4) is 0 Å². The van der Waals surface area contributed by atoms with Gasteiger partial charge in [-0.25, -0.2) is 17.5 Å². The summed E-state index contributed by atoms with van der Waals surface area (Å²) < 4.78 is 41.7. The Hall–Kier alpha value is -1.63. The smallest absolute Gasteiger partial charge is 0.244 e. The molecule has 1 aliphatic carbocycles. The van der Waals surface area contributed by atoms with Crippen LogP contribution in [0.25, 0.3) is 0 Å². The first-order valence-corrected chi connectivity index (χ1v) is 9.02. The van der Waals surface area contributed by atoms with E-state index >= 15 is 0 Å². The molecule has 4 nitrogen and oxygen atoms in total. The van der Waals surface area contributed by atoms with E-state index in [1.54, 1.807) is 19.1 Å². The zero-order valence-corrected chi connectivity index (χ0v) is 14.9. The fourth-order valence-corrected chi connectivity index (χ4v) is 4.34. The minimum absolute atomic E-state index is 0. The molecular weight excluding hydrogens is 351 g/mol. The van der Waals surface area contributed by atoms with Gasteiger partial charge in [0.25, 0.3) is 0 Å². The number of nitrogens with one attached hydrogen (secondary N) is 1. The largest absolute Gasteiger partial charge is 0.399 e. The van der Waals surface area contributed by atoms with E-state index in [0.29, 0.717) is 17.7 Å².